The third-order valence-electron chi connectivity index (χ3n) is 3.35. The van der Waals surface area contributed by atoms with E-state index >= 15 is 0 Å². The Labute approximate surface area is 121 Å². The number of ether oxygens (including phenoxy) is 1. The molecule has 0 aliphatic heterocycles. The lowest BCUT2D eigenvalue weighted by molar-refractivity contribution is 0.0683. The number of aromatic carboxylic acids is 1. The molecule has 0 amide bonds. The van der Waals surface area contributed by atoms with Crippen molar-refractivity contribution in [2.45, 2.75) is 38.7 Å². The first-order chi connectivity index (χ1) is 8.56. The molecule has 2 unspecified atom stereocenters. The van der Waals surface area contributed by atoms with Crippen LogP contribution >= 0.6 is 22.6 Å². The van der Waals surface area contributed by atoms with Crippen LogP contribution in [0.1, 0.15) is 43.0 Å². The van der Waals surface area contributed by atoms with E-state index < -0.39 is 5.97 Å². The Morgan fingerprint density at radius 2 is 2.22 bits per heavy atom. The molecule has 0 spiro atoms. The van der Waals surface area contributed by atoms with Gasteiger partial charge in [0.1, 0.15) is 11.3 Å². The molecular formula is C14H17IO3. The Morgan fingerprint density at radius 3 is 2.89 bits per heavy atom. The Kier molecular flexibility index (Phi) is 4.48. The summed E-state index contributed by atoms with van der Waals surface area (Å²) in [5, 5.41) is 9.19. The fraction of sp³-hybridized carbons (Fsp3) is 0.500. The van der Waals surface area contributed by atoms with Gasteiger partial charge in [0.25, 0.3) is 0 Å². The molecule has 1 aromatic carbocycles. The van der Waals surface area contributed by atoms with Gasteiger partial charge in [0, 0.05) is 3.57 Å². The van der Waals surface area contributed by atoms with E-state index in [4.69, 9.17) is 4.74 Å². The van der Waals surface area contributed by atoms with E-state index in [1.54, 1.807) is 12.1 Å². The van der Waals surface area contributed by atoms with Crippen molar-refractivity contribution < 1.29 is 14.6 Å². The van der Waals surface area contributed by atoms with Crippen LogP contribution < -0.4 is 4.74 Å². The van der Waals surface area contributed by atoms with E-state index in [9.17, 15) is 9.90 Å². The standard InChI is InChI=1S/C14H17IO3/c1-9-3-2-4-11(7-9)18-13-6-5-10(15)8-12(13)14(16)17/h5-6,8-9,11H,2-4,7H2,1H3,(H,16,17). The highest BCUT2D eigenvalue weighted by atomic mass is 127. The molecule has 1 aliphatic carbocycles. The summed E-state index contributed by atoms with van der Waals surface area (Å²) in [6, 6.07) is 5.31. The van der Waals surface area contributed by atoms with Crippen LogP contribution in [-0.2, 0) is 0 Å². The number of hydrogen-bond acceptors (Lipinski definition) is 2. The van der Waals surface area contributed by atoms with Crippen molar-refractivity contribution in [3.8, 4) is 5.75 Å². The van der Waals surface area contributed by atoms with E-state index in [-0.39, 0.29) is 11.7 Å². The molecule has 2 atom stereocenters. The SMILES string of the molecule is CC1CCCC(Oc2ccc(I)cc2C(=O)O)C1. The van der Waals surface area contributed by atoms with Crippen molar-refractivity contribution in [2.24, 2.45) is 5.92 Å². The van der Waals surface area contributed by atoms with Gasteiger partial charge in [-0.25, -0.2) is 4.79 Å². The van der Waals surface area contributed by atoms with Gasteiger partial charge < -0.3 is 9.84 Å². The number of benzene rings is 1. The number of carboxylic acid groups (broad SMARTS) is 1. The molecule has 0 heterocycles. The zero-order valence-corrected chi connectivity index (χ0v) is 12.5. The second kappa shape index (κ2) is 5.91. The van der Waals surface area contributed by atoms with E-state index in [2.05, 4.69) is 29.5 Å². The Bertz CT molecular complexity index is 445. The molecule has 0 radical (unpaired) electrons. The van der Waals surface area contributed by atoms with Crippen molar-refractivity contribution >= 4 is 28.6 Å². The number of carboxylic acids is 1. The molecule has 0 aromatic heterocycles. The molecular weight excluding hydrogens is 343 g/mol. The molecule has 3 nitrogen and oxygen atoms in total. The molecule has 4 heteroatoms. The van der Waals surface area contributed by atoms with Gasteiger partial charge in [-0.2, -0.15) is 0 Å². The first-order valence-corrected chi connectivity index (χ1v) is 7.33. The lowest BCUT2D eigenvalue weighted by Crippen LogP contribution is -2.24. The van der Waals surface area contributed by atoms with Crippen LogP contribution in [0.5, 0.6) is 5.75 Å². The van der Waals surface area contributed by atoms with Gasteiger partial charge in [0.15, 0.2) is 0 Å². The van der Waals surface area contributed by atoms with Gasteiger partial charge in [-0.15, -0.1) is 0 Å². The van der Waals surface area contributed by atoms with Crippen LogP contribution in [0.3, 0.4) is 0 Å². The second-order valence-corrected chi connectivity index (χ2v) is 6.20. The van der Waals surface area contributed by atoms with Crippen LogP contribution in [0, 0.1) is 9.49 Å². The van der Waals surface area contributed by atoms with Gasteiger partial charge in [-0.05, 0) is 66.0 Å². The summed E-state index contributed by atoms with van der Waals surface area (Å²) in [5.74, 6) is 0.246. The molecule has 2 rings (SSSR count). The number of carbonyl (C=O) groups is 1. The van der Waals surface area contributed by atoms with Crippen molar-refractivity contribution in [1.29, 1.82) is 0 Å². The first kappa shape index (κ1) is 13.6. The Morgan fingerprint density at radius 1 is 1.44 bits per heavy atom. The molecule has 1 saturated carbocycles. The summed E-state index contributed by atoms with van der Waals surface area (Å²) in [6.07, 6.45) is 4.61. The summed E-state index contributed by atoms with van der Waals surface area (Å²) >= 11 is 2.11. The van der Waals surface area contributed by atoms with Crippen LogP contribution in [0.4, 0.5) is 0 Å². The van der Waals surface area contributed by atoms with E-state index in [1.807, 2.05) is 6.07 Å². The molecule has 0 bridgehead atoms. The number of rotatable bonds is 3. The van der Waals surface area contributed by atoms with Crippen molar-refractivity contribution in [2.75, 3.05) is 0 Å². The van der Waals surface area contributed by atoms with Crippen LogP contribution in [0.2, 0.25) is 0 Å². The second-order valence-electron chi connectivity index (χ2n) is 4.96. The Hall–Kier alpha value is -0.780. The van der Waals surface area contributed by atoms with Crippen molar-refractivity contribution in [3.05, 3.63) is 27.3 Å². The maximum Gasteiger partial charge on any atom is 0.339 e. The zero-order chi connectivity index (χ0) is 13.1. The maximum absolute atomic E-state index is 11.2. The van der Waals surface area contributed by atoms with Gasteiger partial charge >= 0.3 is 5.97 Å². The van der Waals surface area contributed by atoms with Crippen LogP contribution in [0.15, 0.2) is 18.2 Å². The highest BCUT2D eigenvalue weighted by Gasteiger charge is 2.22. The summed E-state index contributed by atoms with van der Waals surface area (Å²) < 4.78 is 6.80. The molecule has 1 N–H and O–H groups in total. The highest BCUT2D eigenvalue weighted by Crippen LogP contribution is 2.29. The van der Waals surface area contributed by atoms with E-state index in [1.165, 1.54) is 12.8 Å². The maximum atomic E-state index is 11.2. The van der Waals surface area contributed by atoms with Gasteiger partial charge in [-0.1, -0.05) is 13.3 Å². The summed E-state index contributed by atoms with van der Waals surface area (Å²) in [5.41, 5.74) is 0.264. The van der Waals surface area contributed by atoms with E-state index in [0.29, 0.717) is 11.7 Å². The average molecular weight is 360 g/mol. The smallest absolute Gasteiger partial charge is 0.339 e. The van der Waals surface area contributed by atoms with Gasteiger partial charge in [0.2, 0.25) is 0 Å². The number of hydrogen-bond donors (Lipinski definition) is 1. The first-order valence-electron chi connectivity index (χ1n) is 6.25. The molecule has 1 fully saturated rings. The van der Waals surface area contributed by atoms with E-state index in [0.717, 1.165) is 16.4 Å². The summed E-state index contributed by atoms with van der Waals surface area (Å²) in [6.45, 7) is 2.22. The minimum absolute atomic E-state index is 0.159. The van der Waals surface area contributed by atoms with Gasteiger partial charge in [0.05, 0.1) is 6.10 Å². The molecule has 98 valence electrons. The fourth-order valence-electron chi connectivity index (χ4n) is 2.44. The quantitative estimate of drug-likeness (QED) is 0.831. The van der Waals surface area contributed by atoms with Gasteiger partial charge in [-0.3, -0.25) is 0 Å². The third kappa shape index (κ3) is 3.37. The Balaban J connectivity index is 2.15. The van der Waals surface area contributed by atoms with Crippen molar-refractivity contribution in [3.63, 3.8) is 0 Å². The molecule has 0 saturated heterocycles. The molecule has 1 aliphatic rings. The minimum atomic E-state index is -0.924. The largest absolute Gasteiger partial charge is 0.490 e. The topological polar surface area (TPSA) is 46.5 Å². The normalized spacial score (nSPS) is 23.7. The third-order valence-corrected chi connectivity index (χ3v) is 4.02. The lowest BCUT2D eigenvalue weighted by Gasteiger charge is -2.27. The summed E-state index contributed by atoms with van der Waals surface area (Å²) in [7, 11) is 0. The van der Waals surface area contributed by atoms with Crippen LogP contribution in [0.25, 0.3) is 0 Å². The predicted molar refractivity (Wildman–Crippen MR) is 78.2 cm³/mol. The highest BCUT2D eigenvalue weighted by molar-refractivity contribution is 14.1. The molecule has 1 aromatic rings. The average Bonchev–Trinajstić information content (AvgIpc) is 2.31. The zero-order valence-electron chi connectivity index (χ0n) is 10.4. The van der Waals surface area contributed by atoms with Crippen LogP contribution in [-0.4, -0.2) is 17.2 Å². The predicted octanol–water partition coefficient (Wildman–Crippen LogP) is 3.95. The lowest BCUT2D eigenvalue weighted by atomic mass is 9.88. The fourth-order valence-corrected chi connectivity index (χ4v) is 2.93. The molecule has 18 heavy (non-hydrogen) atoms. The monoisotopic (exact) mass is 360 g/mol. The van der Waals surface area contributed by atoms with Crippen molar-refractivity contribution in [1.82, 2.24) is 0 Å². The minimum Gasteiger partial charge on any atom is -0.490 e. The number of halogens is 1. The summed E-state index contributed by atoms with van der Waals surface area (Å²) in [4.78, 5) is 11.2.